The number of rotatable bonds is 3. The third kappa shape index (κ3) is 2.80. The summed E-state index contributed by atoms with van der Waals surface area (Å²) >= 11 is 0. The van der Waals surface area contributed by atoms with Crippen molar-refractivity contribution in [3.05, 3.63) is 58.4 Å². The molecule has 102 valence electrons. The molecule has 1 N–H and O–H groups in total. The van der Waals surface area contributed by atoms with E-state index < -0.39 is 0 Å². The normalized spacial score (nSPS) is 11.8. The Labute approximate surface area is 120 Å². The number of aryl methyl sites for hydroxylation is 3. The van der Waals surface area contributed by atoms with Gasteiger partial charge in [-0.25, -0.2) is 0 Å². The van der Waals surface area contributed by atoms with E-state index in [1.807, 2.05) is 38.1 Å². The van der Waals surface area contributed by atoms with Crippen LogP contribution in [0, 0.1) is 32.1 Å². The average molecular weight is 265 g/mol. The van der Waals surface area contributed by atoms with Crippen molar-refractivity contribution in [3.63, 3.8) is 0 Å². The SMILES string of the molecule is Cc1cc(C)c(C(C)Nc2ccccc2C#N)c(C)n1. The van der Waals surface area contributed by atoms with Crippen LogP contribution in [-0.4, -0.2) is 4.98 Å². The fourth-order valence-corrected chi connectivity index (χ4v) is 2.70. The molecule has 2 rings (SSSR count). The Morgan fingerprint density at radius 3 is 2.55 bits per heavy atom. The maximum atomic E-state index is 9.15. The third-order valence-electron chi connectivity index (χ3n) is 3.44. The number of para-hydroxylation sites is 1. The molecule has 0 radical (unpaired) electrons. The first-order valence-electron chi connectivity index (χ1n) is 6.73. The minimum absolute atomic E-state index is 0.109. The molecule has 0 fully saturated rings. The first kappa shape index (κ1) is 14.1. The lowest BCUT2D eigenvalue weighted by atomic mass is 10.00. The lowest BCUT2D eigenvalue weighted by Gasteiger charge is -2.20. The van der Waals surface area contributed by atoms with Crippen molar-refractivity contribution in [3.8, 4) is 6.07 Å². The fraction of sp³-hybridized carbons (Fsp3) is 0.294. The smallest absolute Gasteiger partial charge is 0.101 e. The van der Waals surface area contributed by atoms with Crippen molar-refractivity contribution in [1.29, 1.82) is 5.26 Å². The Bertz CT molecular complexity index is 645. The summed E-state index contributed by atoms with van der Waals surface area (Å²) in [6.45, 7) is 8.24. The minimum Gasteiger partial charge on any atom is -0.377 e. The van der Waals surface area contributed by atoms with E-state index in [4.69, 9.17) is 5.26 Å². The molecule has 0 aliphatic heterocycles. The number of pyridine rings is 1. The van der Waals surface area contributed by atoms with E-state index in [0.29, 0.717) is 5.56 Å². The fourth-order valence-electron chi connectivity index (χ4n) is 2.70. The maximum Gasteiger partial charge on any atom is 0.101 e. The molecule has 0 aliphatic rings. The Hall–Kier alpha value is -2.34. The van der Waals surface area contributed by atoms with Crippen LogP contribution in [0.4, 0.5) is 5.69 Å². The third-order valence-corrected chi connectivity index (χ3v) is 3.44. The van der Waals surface area contributed by atoms with E-state index in [2.05, 4.69) is 36.3 Å². The molecule has 2 aromatic rings. The molecule has 0 bridgehead atoms. The van der Waals surface area contributed by atoms with Crippen molar-refractivity contribution < 1.29 is 0 Å². The number of nitrogens with one attached hydrogen (secondary N) is 1. The summed E-state index contributed by atoms with van der Waals surface area (Å²) in [4.78, 5) is 4.53. The van der Waals surface area contributed by atoms with Crippen LogP contribution in [0.1, 0.15) is 41.0 Å². The monoisotopic (exact) mass is 265 g/mol. The van der Waals surface area contributed by atoms with Crippen molar-refractivity contribution in [2.45, 2.75) is 33.7 Å². The molecule has 1 unspecified atom stereocenters. The Balaban J connectivity index is 2.34. The molecule has 0 saturated carbocycles. The van der Waals surface area contributed by atoms with Crippen LogP contribution < -0.4 is 5.32 Å². The summed E-state index contributed by atoms with van der Waals surface area (Å²) in [7, 11) is 0. The average Bonchev–Trinajstić information content (AvgIpc) is 2.38. The Morgan fingerprint density at radius 1 is 1.20 bits per heavy atom. The molecular weight excluding hydrogens is 246 g/mol. The van der Waals surface area contributed by atoms with Crippen LogP contribution in [0.2, 0.25) is 0 Å². The largest absolute Gasteiger partial charge is 0.377 e. The summed E-state index contributed by atoms with van der Waals surface area (Å²) in [5, 5.41) is 12.6. The van der Waals surface area contributed by atoms with Gasteiger partial charge >= 0.3 is 0 Å². The zero-order valence-electron chi connectivity index (χ0n) is 12.4. The molecule has 0 spiro atoms. The molecule has 3 nitrogen and oxygen atoms in total. The molecule has 20 heavy (non-hydrogen) atoms. The van der Waals surface area contributed by atoms with Crippen molar-refractivity contribution in [1.82, 2.24) is 4.98 Å². The van der Waals surface area contributed by atoms with Crippen LogP contribution in [0.25, 0.3) is 0 Å². The zero-order valence-corrected chi connectivity index (χ0v) is 12.4. The van der Waals surface area contributed by atoms with Gasteiger partial charge in [-0.3, -0.25) is 4.98 Å². The number of aromatic nitrogens is 1. The van der Waals surface area contributed by atoms with Gasteiger partial charge in [-0.05, 0) is 57.0 Å². The van der Waals surface area contributed by atoms with E-state index in [-0.39, 0.29) is 6.04 Å². The first-order valence-corrected chi connectivity index (χ1v) is 6.73. The standard InChI is InChI=1S/C17H19N3/c1-11-9-12(2)19-13(3)17(11)14(4)20-16-8-6-5-7-15(16)10-18/h5-9,14,20H,1-4H3. The Morgan fingerprint density at radius 2 is 1.90 bits per heavy atom. The number of hydrogen-bond donors (Lipinski definition) is 1. The van der Waals surface area contributed by atoms with Crippen LogP contribution in [0.15, 0.2) is 30.3 Å². The van der Waals surface area contributed by atoms with Gasteiger partial charge in [0.15, 0.2) is 0 Å². The quantitative estimate of drug-likeness (QED) is 0.910. The van der Waals surface area contributed by atoms with Gasteiger partial charge in [-0.1, -0.05) is 12.1 Å². The van der Waals surface area contributed by atoms with Gasteiger partial charge in [0.1, 0.15) is 6.07 Å². The van der Waals surface area contributed by atoms with E-state index in [9.17, 15) is 0 Å². The van der Waals surface area contributed by atoms with Crippen molar-refractivity contribution in [2.24, 2.45) is 0 Å². The maximum absolute atomic E-state index is 9.15. The summed E-state index contributed by atoms with van der Waals surface area (Å²) in [5.74, 6) is 0. The molecule has 1 aromatic heterocycles. The van der Waals surface area contributed by atoms with Crippen molar-refractivity contribution in [2.75, 3.05) is 5.32 Å². The molecule has 0 aliphatic carbocycles. The molecule has 1 heterocycles. The van der Waals surface area contributed by atoms with Gasteiger partial charge in [0.2, 0.25) is 0 Å². The lowest BCUT2D eigenvalue weighted by Crippen LogP contribution is -2.12. The molecule has 3 heteroatoms. The van der Waals surface area contributed by atoms with E-state index in [1.165, 1.54) is 11.1 Å². The van der Waals surface area contributed by atoms with Gasteiger partial charge in [0, 0.05) is 11.4 Å². The van der Waals surface area contributed by atoms with Gasteiger partial charge in [0.25, 0.3) is 0 Å². The van der Waals surface area contributed by atoms with Crippen LogP contribution in [-0.2, 0) is 0 Å². The van der Waals surface area contributed by atoms with Crippen LogP contribution in [0.3, 0.4) is 0 Å². The highest BCUT2D eigenvalue weighted by Crippen LogP contribution is 2.26. The topological polar surface area (TPSA) is 48.7 Å². The Kier molecular flexibility index (Phi) is 4.05. The number of hydrogen-bond acceptors (Lipinski definition) is 3. The molecular formula is C17H19N3. The second-order valence-electron chi connectivity index (χ2n) is 5.10. The highest BCUT2D eigenvalue weighted by atomic mass is 14.9. The zero-order chi connectivity index (χ0) is 14.7. The lowest BCUT2D eigenvalue weighted by molar-refractivity contribution is 0.842. The number of nitrogens with zero attached hydrogens (tertiary/aromatic N) is 2. The van der Waals surface area contributed by atoms with Gasteiger partial charge in [-0.15, -0.1) is 0 Å². The first-order chi connectivity index (χ1) is 9.52. The van der Waals surface area contributed by atoms with Crippen LogP contribution >= 0.6 is 0 Å². The molecule has 1 aromatic carbocycles. The molecule has 0 amide bonds. The number of nitriles is 1. The summed E-state index contributed by atoms with van der Waals surface area (Å²) in [5.41, 5.74) is 6.02. The molecule has 0 saturated heterocycles. The summed E-state index contributed by atoms with van der Waals surface area (Å²) < 4.78 is 0. The van der Waals surface area contributed by atoms with Crippen LogP contribution in [0.5, 0.6) is 0 Å². The number of anilines is 1. The second kappa shape index (κ2) is 5.75. The van der Waals surface area contributed by atoms with E-state index in [0.717, 1.165) is 17.1 Å². The van der Waals surface area contributed by atoms with Gasteiger partial charge in [-0.2, -0.15) is 5.26 Å². The van der Waals surface area contributed by atoms with E-state index >= 15 is 0 Å². The molecule has 1 atom stereocenters. The number of benzene rings is 1. The van der Waals surface area contributed by atoms with Gasteiger partial charge in [0.05, 0.1) is 17.3 Å². The van der Waals surface area contributed by atoms with E-state index in [1.54, 1.807) is 0 Å². The highest BCUT2D eigenvalue weighted by Gasteiger charge is 2.14. The summed E-state index contributed by atoms with van der Waals surface area (Å²) in [6, 6.07) is 12.0. The summed E-state index contributed by atoms with van der Waals surface area (Å²) in [6.07, 6.45) is 0. The van der Waals surface area contributed by atoms with Crippen molar-refractivity contribution >= 4 is 5.69 Å². The predicted octanol–water partition coefficient (Wildman–Crippen LogP) is 4.05. The second-order valence-corrected chi connectivity index (χ2v) is 5.10. The predicted molar refractivity (Wildman–Crippen MR) is 81.6 cm³/mol. The highest BCUT2D eigenvalue weighted by molar-refractivity contribution is 5.58. The minimum atomic E-state index is 0.109. The van der Waals surface area contributed by atoms with Gasteiger partial charge < -0.3 is 5.32 Å².